The lowest BCUT2D eigenvalue weighted by molar-refractivity contribution is -0.120. The van der Waals surface area contributed by atoms with Crippen LogP contribution in [0.3, 0.4) is 0 Å². The molecule has 1 aliphatic heterocycles. The number of halogens is 1. The molecule has 1 aromatic heterocycles. The fraction of sp³-hybridized carbons (Fsp3) is 0.273. The maximum absolute atomic E-state index is 13.3. The van der Waals surface area contributed by atoms with Crippen molar-refractivity contribution in [2.24, 2.45) is 0 Å². The van der Waals surface area contributed by atoms with Crippen molar-refractivity contribution in [3.05, 3.63) is 59.1 Å². The Kier molecular flexibility index (Phi) is 6.20. The Morgan fingerprint density at radius 2 is 2.00 bits per heavy atom. The Hall–Kier alpha value is -2.64. The number of hydrogen-bond acceptors (Lipinski definition) is 6. The molecule has 0 N–H and O–H groups in total. The first-order chi connectivity index (χ1) is 14.6. The largest absolute Gasteiger partial charge is 0.447 e. The molecule has 1 aliphatic rings. The molecule has 0 bridgehead atoms. The van der Waals surface area contributed by atoms with Gasteiger partial charge in [0.05, 0.1) is 5.69 Å². The van der Waals surface area contributed by atoms with Crippen molar-refractivity contribution < 1.29 is 9.53 Å². The Bertz CT molecular complexity index is 1080. The topological polar surface area (TPSA) is 68.2 Å². The molecular weight excluding hydrogens is 420 g/mol. The van der Waals surface area contributed by atoms with Gasteiger partial charge in [-0.2, -0.15) is 4.98 Å². The minimum atomic E-state index is -0.721. The van der Waals surface area contributed by atoms with Crippen LogP contribution in [0.1, 0.15) is 38.5 Å². The van der Waals surface area contributed by atoms with Gasteiger partial charge < -0.3 is 4.74 Å². The van der Waals surface area contributed by atoms with E-state index in [1.54, 1.807) is 11.0 Å². The van der Waals surface area contributed by atoms with Gasteiger partial charge in [0.25, 0.3) is 0 Å². The number of benzene rings is 2. The summed E-state index contributed by atoms with van der Waals surface area (Å²) < 4.78 is 6.37. The molecule has 0 unspecified atom stereocenters. The van der Waals surface area contributed by atoms with E-state index in [-0.39, 0.29) is 5.91 Å². The predicted octanol–water partition coefficient (Wildman–Crippen LogP) is 5.53. The number of aromatic nitrogens is 3. The lowest BCUT2D eigenvalue weighted by Crippen LogP contribution is -2.37. The molecule has 0 saturated carbocycles. The van der Waals surface area contributed by atoms with Gasteiger partial charge in [0, 0.05) is 22.6 Å². The minimum Gasteiger partial charge on any atom is -0.447 e. The van der Waals surface area contributed by atoms with E-state index in [1.807, 2.05) is 56.3 Å². The maximum atomic E-state index is 13.3. The van der Waals surface area contributed by atoms with Gasteiger partial charge in [0.1, 0.15) is 0 Å². The Labute approximate surface area is 184 Å². The van der Waals surface area contributed by atoms with Gasteiger partial charge in [-0.15, -0.1) is 10.2 Å². The molecule has 0 radical (unpaired) electrons. The van der Waals surface area contributed by atoms with E-state index in [2.05, 4.69) is 15.2 Å². The number of rotatable bonds is 5. The van der Waals surface area contributed by atoms with Gasteiger partial charge >= 0.3 is 0 Å². The second-order valence-electron chi connectivity index (χ2n) is 6.74. The van der Waals surface area contributed by atoms with Gasteiger partial charge in [-0.3, -0.25) is 9.69 Å². The fourth-order valence-corrected chi connectivity index (χ4v) is 4.09. The molecule has 0 fully saturated rings. The summed E-state index contributed by atoms with van der Waals surface area (Å²) in [6.07, 6.45) is 0.393. The highest BCUT2D eigenvalue weighted by molar-refractivity contribution is 7.99. The summed E-state index contributed by atoms with van der Waals surface area (Å²) in [4.78, 5) is 19.5. The lowest BCUT2D eigenvalue weighted by Gasteiger charge is -2.31. The van der Waals surface area contributed by atoms with Crippen LogP contribution in [0, 0.1) is 0 Å². The van der Waals surface area contributed by atoms with Crippen molar-refractivity contribution in [1.29, 1.82) is 0 Å². The van der Waals surface area contributed by atoms with Crippen LogP contribution in [0.5, 0.6) is 5.88 Å². The van der Waals surface area contributed by atoms with Gasteiger partial charge in [0.15, 0.2) is 5.69 Å². The molecule has 8 heteroatoms. The Balaban J connectivity index is 1.94. The zero-order chi connectivity index (χ0) is 21.1. The average Bonchev–Trinajstić information content (AvgIpc) is 2.88. The highest BCUT2D eigenvalue weighted by Gasteiger charge is 2.35. The third-order valence-electron chi connectivity index (χ3n) is 4.65. The van der Waals surface area contributed by atoms with Crippen LogP contribution in [-0.4, -0.2) is 26.8 Å². The summed E-state index contributed by atoms with van der Waals surface area (Å²) >= 11 is 7.74. The number of carbonyl (C=O) groups is 1. The molecule has 1 amide bonds. The van der Waals surface area contributed by atoms with Crippen LogP contribution in [0.25, 0.3) is 11.3 Å². The second kappa shape index (κ2) is 9.02. The van der Waals surface area contributed by atoms with Crippen LogP contribution >= 0.6 is 23.4 Å². The van der Waals surface area contributed by atoms with E-state index in [0.29, 0.717) is 33.9 Å². The summed E-state index contributed by atoms with van der Waals surface area (Å²) in [7, 11) is 0. The minimum absolute atomic E-state index is 0.0427. The van der Waals surface area contributed by atoms with Gasteiger partial charge in [-0.05, 0) is 30.4 Å². The SMILES string of the molecule is CCCC(=O)N1c2ccccc2-c2nnc(SCC)nc2O[C@H]1c1cccc(Cl)c1. The summed E-state index contributed by atoms with van der Waals surface area (Å²) in [5.41, 5.74) is 2.75. The Morgan fingerprint density at radius 3 is 2.77 bits per heavy atom. The number of anilines is 1. The molecule has 2 heterocycles. The number of hydrogen-bond donors (Lipinski definition) is 0. The van der Waals surface area contributed by atoms with Crippen molar-refractivity contribution in [2.45, 2.75) is 38.1 Å². The molecule has 6 nitrogen and oxygen atoms in total. The summed E-state index contributed by atoms with van der Waals surface area (Å²) in [6.45, 7) is 4.00. The number of ether oxygens (including phenoxy) is 1. The number of nitrogens with zero attached hydrogens (tertiary/aromatic N) is 4. The van der Waals surface area contributed by atoms with Crippen molar-refractivity contribution in [3.8, 4) is 17.1 Å². The van der Waals surface area contributed by atoms with Crippen LogP contribution in [-0.2, 0) is 4.79 Å². The normalized spacial score (nSPS) is 15.0. The molecule has 1 atom stereocenters. The molecule has 4 rings (SSSR count). The van der Waals surface area contributed by atoms with E-state index in [0.717, 1.165) is 23.3 Å². The van der Waals surface area contributed by atoms with Gasteiger partial charge in [-0.25, -0.2) is 0 Å². The maximum Gasteiger partial charge on any atom is 0.247 e. The van der Waals surface area contributed by atoms with Gasteiger partial charge in [-0.1, -0.05) is 67.5 Å². The average molecular weight is 441 g/mol. The van der Waals surface area contributed by atoms with Crippen LogP contribution in [0.15, 0.2) is 53.7 Å². The van der Waals surface area contributed by atoms with E-state index in [4.69, 9.17) is 16.3 Å². The number of para-hydroxylation sites is 1. The van der Waals surface area contributed by atoms with Crippen LogP contribution in [0.4, 0.5) is 5.69 Å². The van der Waals surface area contributed by atoms with E-state index >= 15 is 0 Å². The highest BCUT2D eigenvalue weighted by atomic mass is 35.5. The van der Waals surface area contributed by atoms with Crippen molar-refractivity contribution in [1.82, 2.24) is 15.2 Å². The summed E-state index contributed by atoms with van der Waals surface area (Å²) in [5, 5.41) is 9.74. The van der Waals surface area contributed by atoms with Crippen molar-refractivity contribution >= 4 is 35.0 Å². The number of amides is 1. The first-order valence-electron chi connectivity index (χ1n) is 9.83. The van der Waals surface area contributed by atoms with E-state index in [1.165, 1.54) is 11.8 Å². The molecule has 2 aromatic carbocycles. The quantitative estimate of drug-likeness (QED) is 0.486. The van der Waals surface area contributed by atoms with Gasteiger partial charge in [0.2, 0.25) is 23.2 Å². The first-order valence-corrected chi connectivity index (χ1v) is 11.2. The number of thioether (sulfide) groups is 1. The fourth-order valence-electron chi connectivity index (χ4n) is 3.38. The monoisotopic (exact) mass is 440 g/mol. The zero-order valence-electron chi connectivity index (χ0n) is 16.7. The molecule has 3 aromatic rings. The molecule has 0 saturated heterocycles. The molecule has 154 valence electrons. The van der Waals surface area contributed by atoms with Crippen molar-refractivity contribution in [3.63, 3.8) is 0 Å². The van der Waals surface area contributed by atoms with E-state index in [9.17, 15) is 4.79 Å². The summed E-state index contributed by atoms with van der Waals surface area (Å²) in [5.74, 6) is 1.12. The van der Waals surface area contributed by atoms with Crippen molar-refractivity contribution in [2.75, 3.05) is 10.7 Å². The summed E-state index contributed by atoms with van der Waals surface area (Å²) in [6, 6.07) is 14.9. The third-order valence-corrected chi connectivity index (χ3v) is 5.61. The number of fused-ring (bicyclic) bond motifs is 3. The molecular formula is C22H21ClN4O2S. The standard InChI is InChI=1S/C22H21ClN4O2S/c1-3-8-18(28)27-17-12-6-5-11-16(17)19-20(24-22(26-25-19)30-4-2)29-21(27)14-9-7-10-15(23)13-14/h5-7,9-13,21H,3-4,8H2,1-2H3/t21-/m0/s1. The highest BCUT2D eigenvalue weighted by Crippen LogP contribution is 2.43. The smallest absolute Gasteiger partial charge is 0.247 e. The number of carbonyl (C=O) groups excluding carboxylic acids is 1. The second-order valence-corrected chi connectivity index (χ2v) is 8.40. The molecule has 0 aliphatic carbocycles. The Morgan fingerprint density at radius 1 is 1.17 bits per heavy atom. The lowest BCUT2D eigenvalue weighted by atomic mass is 10.1. The predicted molar refractivity (Wildman–Crippen MR) is 119 cm³/mol. The molecule has 30 heavy (non-hydrogen) atoms. The van der Waals surface area contributed by atoms with Crippen LogP contribution < -0.4 is 9.64 Å². The zero-order valence-corrected chi connectivity index (χ0v) is 18.3. The first kappa shape index (κ1) is 20.6. The molecule has 0 spiro atoms. The van der Waals surface area contributed by atoms with E-state index < -0.39 is 6.23 Å². The third kappa shape index (κ3) is 4.00. The van der Waals surface area contributed by atoms with Crippen LogP contribution in [0.2, 0.25) is 5.02 Å².